The first-order valence-corrected chi connectivity index (χ1v) is 13.3. The van der Waals surface area contributed by atoms with Crippen LogP contribution >= 0.6 is 34.3 Å². The number of halogens is 2. The van der Waals surface area contributed by atoms with Crippen molar-refractivity contribution in [2.24, 2.45) is 5.41 Å². The molecule has 0 spiro atoms. The fourth-order valence-electron chi connectivity index (χ4n) is 3.70. The van der Waals surface area contributed by atoms with Gasteiger partial charge in [-0.25, -0.2) is 4.39 Å². The lowest BCUT2D eigenvalue weighted by Crippen LogP contribution is -2.35. The van der Waals surface area contributed by atoms with Crippen molar-refractivity contribution in [2.75, 3.05) is 19.0 Å². The van der Waals surface area contributed by atoms with E-state index in [-0.39, 0.29) is 36.1 Å². The van der Waals surface area contributed by atoms with E-state index in [4.69, 9.17) is 16.3 Å². The Labute approximate surface area is 225 Å². The van der Waals surface area contributed by atoms with Gasteiger partial charge in [-0.15, -0.1) is 22.7 Å². The van der Waals surface area contributed by atoms with E-state index in [2.05, 4.69) is 10.4 Å². The Morgan fingerprint density at radius 2 is 2.03 bits per heavy atom. The molecule has 0 fully saturated rings. The van der Waals surface area contributed by atoms with Gasteiger partial charge in [0, 0.05) is 24.3 Å². The minimum absolute atomic E-state index is 0.0719. The van der Waals surface area contributed by atoms with E-state index in [9.17, 15) is 18.8 Å². The molecule has 0 aliphatic carbocycles. The number of thiophene rings is 2. The predicted octanol–water partition coefficient (Wildman–Crippen LogP) is 5.44. The summed E-state index contributed by atoms with van der Waals surface area (Å²) in [4.78, 5) is 40.6. The normalized spacial score (nSPS) is 11.6. The lowest BCUT2D eigenvalue weighted by molar-refractivity contribution is 0.0529. The van der Waals surface area contributed by atoms with Gasteiger partial charge >= 0.3 is 0 Å². The van der Waals surface area contributed by atoms with Crippen molar-refractivity contribution >= 4 is 51.8 Å². The average Bonchev–Trinajstić information content (AvgIpc) is 3.60. The number of ether oxygens (including phenoxy) is 1. The second-order valence-corrected chi connectivity index (χ2v) is 11.7. The number of hydrogen-bond acceptors (Lipinski definition) is 8. The number of nitrogens with zero attached hydrogens (tertiary/aromatic N) is 3. The molecular weight excluding hydrogens is 539 g/mol. The van der Waals surface area contributed by atoms with Gasteiger partial charge in [-0.1, -0.05) is 17.7 Å². The van der Waals surface area contributed by atoms with Crippen molar-refractivity contribution in [1.29, 1.82) is 0 Å². The number of methoxy groups -OCH3 is 1. The van der Waals surface area contributed by atoms with E-state index in [0.717, 1.165) is 26.4 Å². The van der Waals surface area contributed by atoms with E-state index >= 15 is 0 Å². The van der Waals surface area contributed by atoms with Crippen LogP contribution in [-0.4, -0.2) is 39.8 Å². The molecular formula is C25H24ClFN4O4S2. The molecule has 4 rings (SSSR count). The zero-order chi connectivity index (χ0) is 26.7. The molecule has 4 heterocycles. The first-order chi connectivity index (χ1) is 17.6. The number of aromatic nitrogens is 3. The third-order valence-electron chi connectivity index (χ3n) is 5.50. The predicted molar refractivity (Wildman–Crippen MR) is 143 cm³/mol. The molecule has 0 aliphatic heterocycles. The molecule has 8 nitrogen and oxygen atoms in total. The topological polar surface area (TPSA) is 95.2 Å². The summed E-state index contributed by atoms with van der Waals surface area (Å²) < 4.78 is 22.6. The zero-order valence-corrected chi connectivity index (χ0v) is 22.7. The Hall–Kier alpha value is -3.12. The number of hydrogen-bond donors (Lipinski definition) is 1. The molecule has 37 heavy (non-hydrogen) atoms. The number of rotatable bonds is 10. The van der Waals surface area contributed by atoms with Gasteiger partial charge in [-0.3, -0.25) is 14.4 Å². The van der Waals surface area contributed by atoms with Crippen molar-refractivity contribution in [3.05, 3.63) is 78.2 Å². The van der Waals surface area contributed by atoms with Crippen LogP contribution in [0.15, 0.2) is 52.8 Å². The highest BCUT2D eigenvalue weighted by molar-refractivity contribution is 7.16. The van der Waals surface area contributed by atoms with Gasteiger partial charge in [0.05, 0.1) is 39.9 Å². The molecule has 0 amide bonds. The van der Waals surface area contributed by atoms with E-state index < -0.39 is 16.8 Å². The summed E-state index contributed by atoms with van der Waals surface area (Å²) >= 11 is 8.65. The zero-order valence-electron chi connectivity index (χ0n) is 20.3. The van der Waals surface area contributed by atoms with Crippen LogP contribution in [0.25, 0.3) is 11.3 Å². The number of nitrogens with one attached hydrogen (secondary N) is 1. The highest BCUT2D eigenvalue weighted by Crippen LogP contribution is 2.27. The van der Waals surface area contributed by atoms with Crippen molar-refractivity contribution in [2.45, 2.75) is 26.9 Å². The molecule has 0 saturated heterocycles. The molecule has 0 unspecified atom stereocenters. The SMILES string of the molecule is COCC(C)(C)C(=O)n1nc(-c2cc(F)cn(CC(=O)c3cccs3)c2=O)cc1NCc1ccc(Cl)s1. The average molecular weight is 563 g/mol. The quantitative estimate of drug-likeness (QED) is 0.259. The second kappa shape index (κ2) is 11.1. The summed E-state index contributed by atoms with van der Waals surface area (Å²) in [6.45, 7) is 3.60. The smallest absolute Gasteiger partial charge is 0.260 e. The van der Waals surface area contributed by atoms with Gasteiger partial charge in [-0.2, -0.15) is 9.78 Å². The fraction of sp³-hybridized carbons (Fsp3) is 0.280. The second-order valence-electron chi connectivity index (χ2n) is 8.91. The molecule has 0 bridgehead atoms. The van der Waals surface area contributed by atoms with Crippen molar-refractivity contribution in [1.82, 2.24) is 14.3 Å². The van der Waals surface area contributed by atoms with Crippen LogP contribution < -0.4 is 10.9 Å². The van der Waals surface area contributed by atoms with Crippen LogP contribution in [0.3, 0.4) is 0 Å². The van der Waals surface area contributed by atoms with Crippen molar-refractivity contribution in [3.8, 4) is 11.3 Å². The van der Waals surface area contributed by atoms with Crippen LogP contribution in [0.4, 0.5) is 10.2 Å². The maximum absolute atomic E-state index is 14.6. The van der Waals surface area contributed by atoms with E-state index in [1.165, 1.54) is 35.8 Å². The number of Topliss-reactive ketones (excluding diaryl/α,β-unsaturated/α-hetero) is 1. The molecule has 4 aromatic heterocycles. The van der Waals surface area contributed by atoms with Crippen LogP contribution in [0.1, 0.15) is 33.2 Å². The first kappa shape index (κ1) is 26.9. The van der Waals surface area contributed by atoms with E-state index in [1.807, 2.05) is 6.07 Å². The number of ketones is 1. The summed E-state index contributed by atoms with van der Waals surface area (Å²) in [6, 6.07) is 9.56. The molecule has 4 aromatic rings. The summed E-state index contributed by atoms with van der Waals surface area (Å²) in [5.41, 5.74) is -1.51. The van der Waals surface area contributed by atoms with Crippen LogP contribution in [-0.2, 0) is 17.8 Å². The Bertz CT molecular complexity index is 1490. The lowest BCUT2D eigenvalue weighted by Gasteiger charge is -2.22. The number of carbonyl (C=O) groups is 2. The highest BCUT2D eigenvalue weighted by atomic mass is 35.5. The van der Waals surface area contributed by atoms with Crippen molar-refractivity contribution in [3.63, 3.8) is 0 Å². The number of carbonyl (C=O) groups excluding carboxylic acids is 2. The minimum Gasteiger partial charge on any atom is -0.384 e. The monoisotopic (exact) mass is 562 g/mol. The largest absolute Gasteiger partial charge is 0.384 e. The minimum atomic E-state index is -0.935. The van der Waals surface area contributed by atoms with Crippen molar-refractivity contribution < 1.29 is 18.7 Å². The van der Waals surface area contributed by atoms with E-state index in [1.54, 1.807) is 37.4 Å². The Kier molecular flexibility index (Phi) is 8.08. The highest BCUT2D eigenvalue weighted by Gasteiger charge is 2.32. The summed E-state index contributed by atoms with van der Waals surface area (Å²) in [7, 11) is 1.50. The van der Waals surface area contributed by atoms with Crippen LogP contribution in [0.2, 0.25) is 4.34 Å². The van der Waals surface area contributed by atoms with Gasteiger partial charge in [-0.05, 0) is 43.5 Å². The van der Waals surface area contributed by atoms with Gasteiger partial charge in [0.25, 0.3) is 11.5 Å². The van der Waals surface area contributed by atoms with Crippen LogP contribution in [0.5, 0.6) is 0 Å². The summed E-state index contributed by atoms with van der Waals surface area (Å²) in [6.07, 6.45) is 0.987. The molecule has 0 aromatic carbocycles. The third kappa shape index (κ3) is 6.07. The molecule has 12 heteroatoms. The maximum atomic E-state index is 14.6. The molecule has 1 N–H and O–H groups in total. The number of anilines is 1. The van der Waals surface area contributed by atoms with E-state index in [0.29, 0.717) is 21.6 Å². The molecule has 0 atom stereocenters. The van der Waals surface area contributed by atoms with Gasteiger partial charge < -0.3 is 14.6 Å². The molecule has 0 saturated carbocycles. The molecule has 194 valence electrons. The first-order valence-electron chi connectivity index (χ1n) is 11.2. The Balaban J connectivity index is 1.73. The summed E-state index contributed by atoms with van der Waals surface area (Å²) in [5, 5.41) is 9.30. The Morgan fingerprint density at radius 3 is 2.68 bits per heavy atom. The number of pyridine rings is 1. The van der Waals surface area contributed by atoms with Gasteiger partial charge in [0.1, 0.15) is 17.3 Å². The molecule has 0 aliphatic rings. The van der Waals surface area contributed by atoms with Gasteiger partial charge in [0.15, 0.2) is 5.78 Å². The summed E-state index contributed by atoms with van der Waals surface area (Å²) in [5.74, 6) is -1.08. The Morgan fingerprint density at radius 1 is 1.24 bits per heavy atom. The standard InChI is InChI=1S/C25H24ClFN4O4S2/c1-25(2,14-35-3)24(34)31-22(28-11-16-6-7-21(26)37-16)10-18(29-31)17-9-15(27)12-30(23(17)33)13-19(32)20-5-4-8-36-20/h4-10,12,28H,11,13-14H2,1-3H3. The van der Waals surface area contributed by atoms with Gasteiger partial charge in [0.2, 0.25) is 0 Å². The van der Waals surface area contributed by atoms with Crippen LogP contribution in [0, 0.1) is 11.2 Å². The maximum Gasteiger partial charge on any atom is 0.260 e. The fourth-order valence-corrected chi connectivity index (χ4v) is 5.38. The lowest BCUT2D eigenvalue weighted by atomic mass is 9.94. The third-order valence-corrected chi connectivity index (χ3v) is 7.64. The molecule has 0 radical (unpaired) electrons.